The number of hydrazone groups is 1. The van der Waals surface area contributed by atoms with Crippen LogP contribution in [0.25, 0.3) is 0 Å². The Hall–Kier alpha value is -2.77. The van der Waals surface area contributed by atoms with Crippen molar-refractivity contribution in [2.24, 2.45) is 5.10 Å². The number of carbonyl (C=O) groups excluding carboxylic acids is 1. The second-order valence-corrected chi connectivity index (χ2v) is 7.97. The van der Waals surface area contributed by atoms with Crippen molar-refractivity contribution >= 4 is 11.6 Å². The van der Waals surface area contributed by atoms with Gasteiger partial charge in [0.1, 0.15) is 11.6 Å². The van der Waals surface area contributed by atoms with Gasteiger partial charge in [0.25, 0.3) is 5.91 Å². The van der Waals surface area contributed by atoms with Crippen LogP contribution in [0.2, 0.25) is 0 Å². The van der Waals surface area contributed by atoms with Crippen molar-refractivity contribution in [3.63, 3.8) is 0 Å². The lowest BCUT2D eigenvalue weighted by Crippen LogP contribution is -2.49. The zero-order chi connectivity index (χ0) is 21.8. The highest BCUT2D eigenvalue weighted by Crippen LogP contribution is 2.35. The van der Waals surface area contributed by atoms with Gasteiger partial charge in [-0.3, -0.25) is 9.69 Å². The minimum absolute atomic E-state index is 0.0656. The SMILES string of the molecule is CCN1CCN(CC(=O)N2N=C(c3ccccc3OC)CC2c2cccc(F)c2)CC1. The second kappa shape index (κ2) is 9.58. The number of hydrogen-bond acceptors (Lipinski definition) is 5. The molecule has 2 aliphatic heterocycles. The van der Waals surface area contributed by atoms with E-state index in [1.54, 1.807) is 18.2 Å². The van der Waals surface area contributed by atoms with Gasteiger partial charge in [0, 0.05) is 38.2 Å². The van der Waals surface area contributed by atoms with Crippen molar-refractivity contribution in [1.82, 2.24) is 14.8 Å². The number of benzene rings is 2. The molecule has 4 rings (SSSR count). The van der Waals surface area contributed by atoms with Gasteiger partial charge in [0.2, 0.25) is 0 Å². The fourth-order valence-corrected chi connectivity index (χ4v) is 4.29. The van der Waals surface area contributed by atoms with E-state index >= 15 is 0 Å². The number of rotatable bonds is 6. The number of ether oxygens (including phenoxy) is 1. The molecule has 0 radical (unpaired) electrons. The van der Waals surface area contributed by atoms with Crippen LogP contribution in [0, 0.1) is 5.82 Å². The monoisotopic (exact) mass is 424 g/mol. The summed E-state index contributed by atoms with van der Waals surface area (Å²) < 4.78 is 19.5. The smallest absolute Gasteiger partial charge is 0.257 e. The number of likely N-dealkylation sites (N-methyl/N-ethyl adjacent to an activating group) is 1. The van der Waals surface area contributed by atoms with Crippen molar-refractivity contribution in [3.05, 3.63) is 65.5 Å². The van der Waals surface area contributed by atoms with Crippen LogP contribution in [-0.4, -0.2) is 72.8 Å². The summed E-state index contributed by atoms with van der Waals surface area (Å²) in [4.78, 5) is 17.9. The molecule has 7 heteroatoms. The second-order valence-electron chi connectivity index (χ2n) is 7.97. The molecule has 1 fully saturated rings. The highest BCUT2D eigenvalue weighted by molar-refractivity contribution is 6.05. The number of halogens is 1. The molecule has 0 saturated carbocycles. The normalized spacial score (nSPS) is 20.0. The molecule has 2 aromatic rings. The maximum atomic E-state index is 14.0. The molecule has 1 atom stereocenters. The maximum Gasteiger partial charge on any atom is 0.257 e. The van der Waals surface area contributed by atoms with Gasteiger partial charge in [-0.1, -0.05) is 31.2 Å². The Labute approximate surface area is 182 Å². The molecule has 6 nitrogen and oxygen atoms in total. The van der Waals surface area contributed by atoms with Crippen LogP contribution in [0.15, 0.2) is 53.6 Å². The van der Waals surface area contributed by atoms with Gasteiger partial charge in [0.15, 0.2) is 0 Å². The zero-order valence-electron chi connectivity index (χ0n) is 18.1. The zero-order valence-corrected chi connectivity index (χ0v) is 18.1. The summed E-state index contributed by atoms with van der Waals surface area (Å²) in [7, 11) is 1.62. The molecule has 0 aromatic heterocycles. The van der Waals surface area contributed by atoms with Crippen LogP contribution < -0.4 is 4.74 Å². The molecule has 0 aliphatic carbocycles. The first-order valence-electron chi connectivity index (χ1n) is 10.8. The lowest BCUT2D eigenvalue weighted by Gasteiger charge is -2.34. The quantitative estimate of drug-likeness (QED) is 0.715. The van der Waals surface area contributed by atoms with E-state index in [1.165, 1.54) is 12.1 Å². The Morgan fingerprint density at radius 3 is 2.55 bits per heavy atom. The number of carbonyl (C=O) groups is 1. The maximum absolute atomic E-state index is 14.0. The van der Waals surface area contributed by atoms with Crippen LogP contribution in [0.3, 0.4) is 0 Å². The first kappa shape index (κ1) is 21.5. The molecule has 31 heavy (non-hydrogen) atoms. The van der Waals surface area contributed by atoms with Gasteiger partial charge in [-0.05, 0) is 36.4 Å². The van der Waals surface area contributed by atoms with Crippen LogP contribution in [0.1, 0.15) is 30.5 Å². The summed E-state index contributed by atoms with van der Waals surface area (Å²) in [5.41, 5.74) is 2.38. The first-order valence-corrected chi connectivity index (χ1v) is 10.8. The fourth-order valence-electron chi connectivity index (χ4n) is 4.29. The van der Waals surface area contributed by atoms with Crippen molar-refractivity contribution in [3.8, 4) is 5.75 Å². The molecule has 0 N–H and O–H groups in total. The molecular weight excluding hydrogens is 395 g/mol. The van der Waals surface area contributed by atoms with E-state index in [9.17, 15) is 9.18 Å². The molecule has 1 amide bonds. The Bertz CT molecular complexity index is 956. The Morgan fingerprint density at radius 2 is 1.84 bits per heavy atom. The standard InChI is InChI=1S/C24H29FN4O2/c1-3-27-11-13-28(14-12-27)17-24(30)29-22(18-7-6-8-19(25)15-18)16-21(26-29)20-9-4-5-10-23(20)31-2/h4-10,15,22H,3,11-14,16-17H2,1-2H3. The Kier molecular flexibility index (Phi) is 6.63. The number of amides is 1. The topological polar surface area (TPSA) is 48.4 Å². The molecule has 0 spiro atoms. The number of nitrogens with zero attached hydrogens (tertiary/aromatic N) is 4. The van der Waals surface area contributed by atoms with Crippen LogP contribution in [0.5, 0.6) is 5.75 Å². The predicted molar refractivity (Wildman–Crippen MR) is 119 cm³/mol. The first-order chi connectivity index (χ1) is 15.1. The summed E-state index contributed by atoms with van der Waals surface area (Å²) in [6.45, 7) is 7.15. The number of methoxy groups -OCH3 is 1. The van der Waals surface area contributed by atoms with Gasteiger partial charge in [-0.15, -0.1) is 0 Å². The van der Waals surface area contributed by atoms with Gasteiger partial charge >= 0.3 is 0 Å². The molecule has 2 aromatic carbocycles. The number of hydrogen-bond donors (Lipinski definition) is 0. The van der Waals surface area contributed by atoms with Crippen LogP contribution in [-0.2, 0) is 4.79 Å². The van der Waals surface area contributed by atoms with E-state index in [2.05, 4.69) is 16.7 Å². The fraction of sp³-hybridized carbons (Fsp3) is 0.417. The molecule has 1 saturated heterocycles. The van der Waals surface area contributed by atoms with E-state index in [1.807, 2.05) is 30.3 Å². The molecule has 164 valence electrons. The number of piperazine rings is 1. The van der Waals surface area contributed by atoms with Gasteiger partial charge in [0.05, 0.1) is 25.4 Å². The minimum Gasteiger partial charge on any atom is -0.496 e. The van der Waals surface area contributed by atoms with Crippen molar-refractivity contribution in [2.75, 3.05) is 46.4 Å². The highest BCUT2D eigenvalue weighted by Gasteiger charge is 2.35. The Balaban J connectivity index is 1.59. The third-order valence-electron chi connectivity index (χ3n) is 6.09. The van der Waals surface area contributed by atoms with Gasteiger partial charge in [-0.2, -0.15) is 5.10 Å². The van der Waals surface area contributed by atoms with Crippen molar-refractivity contribution in [1.29, 1.82) is 0 Å². The lowest BCUT2D eigenvalue weighted by atomic mass is 9.98. The highest BCUT2D eigenvalue weighted by atomic mass is 19.1. The third-order valence-corrected chi connectivity index (χ3v) is 6.09. The van der Waals surface area contributed by atoms with Gasteiger partial charge in [-0.25, -0.2) is 9.40 Å². The van der Waals surface area contributed by atoms with Crippen molar-refractivity contribution < 1.29 is 13.9 Å². The lowest BCUT2D eigenvalue weighted by molar-refractivity contribution is -0.134. The molecule has 2 aliphatic rings. The summed E-state index contributed by atoms with van der Waals surface area (Å²) in [6, 6.07) is 13.8. The van der Waals surface area contributed by atoms with E-state index in [0.29, 0.717) is 18.7 Å². The minimum atomic E-state index is -0.333. The van der Waals surface area contributed by atoms with Gasteiger partial charge < -0.3 is 9.64 Å². The molecular formula is C24H29FN4O2. The van der Waals surface area contributed by atoms with E-state index in [4.69, 9.17) is 9.84 Å². The summed E-state index contributed by atoms with van der Waals surface area (Å²) in [5, 5.41) is 6.26. The molecule has 0 bridgehead atoms. The van der Waals surface area contributed by atoms with Crippen molar-refractivity contribution in [2.45, 2.75) is 19.4 Å². The van der Waals surface area contributed by atoms with Crippen LogP contribution in [0.4, 0.5) is 4.39 Å². The molecule has 2 heterocycles. The average Bonchev–Trinajstić information content (AvgIpc) is 3.25. The average molecular weight is 425 g/mol. The van der Waals surface area contributed by atoms with Crippen LogP contribution >= 0.6 is 0 Å². The third kappa shape index (κ3) is 4.78. The van der Waals surface area contributed by atoms with E-state index < -0.39 is 0 Å². The summed E-state index contributed by atoms with van der Waals surface area (Å²) in [5.74, 6) is 0.333. The largest absolute Gasteiger partial charge is 0.496 e. The number of para-hydroxylation sites is 1. The summed E-state index contributed by atoms with van der Waals surface area (Å²) in [6.07, 6.45) is 0.513. The predicted octanol–water partition coefficient (Wildman–Crippen LogP) is 3.15. The Morgan fingerprint density at radius 1 is 1.10 bits per heavy atom. The van der Waals surface area contributed by atoms with E-state index in [-0.39, 0.29) is 17.8 Å². The van der Waals surface area contributed by atoms with E-state index in [0.717, 1.165) is 49.6 Å². The molecule has 1 unspecified atom stereocenters. The summed E-state index contributed by atoms with van der Waals surface area (Å²) >= 11 is 0.